The van der Waals surface area contributed by atoms with E-state index in [-0.39, 0.29) is 11.8 Å². The topological polar surface area (TPSA) is 68.3 Å². The van der Waals surface area contributed by atoms with Crippen LogP contribution in [0.15, 0.2) is 72.8 Å². The van der Waals surface area contributed by atoms with Crippen LogP contribution in [0, 0.1) is 12.8 Å². The van der Waals surface area contributed by atoms with Crippen LogP contribution in [0.1, 0.15) is 17.2 Å². The number of carbonyl (C=O) groups is 2. The first kappa shape index (κ1) is 21.0. The Labute approximate surface area is 192 Å². The summed E-state index contributed by atoms with van der Waals surface area (Å²) in [5.41, 5.74) is 3.07. The van der Waals surface area contributed by atoms with Crippen molar-refractivity contribution < 1.29 is 23.9 Å². The van der Waals surface area contributed by atoms with Gasteiger partial charge in [0.25, 0.3) is 5.91 Å². The predicted octanol–water partition coefficient (Wildman–Crippen LogP) is 4.06. The average molecular weight is 444 g/mol. The number of anilines is 2. The number of fused-ring (bicyclic) bond motifs is 1. The van der Waals surface area contributed by atoms with Crippen LogP contribution in [0.25, 0.3) is 0 Å². The second-order valence-corrected chi connectivity index (χ2v) is 8.11. The number of methoxy groups -OCH3 is 2. The maximum atomic E-state index is 13.7. The van der Waals surface area contributed by atoms with Gasteiger partial charge in [0.15, 0.2) is 6.10 Å². The molecule has 0 spiro atoms. The number of hydroxylamine groups is 1. The third-order valence-electron chi connectivity index (χ3n) is 6.18. The standard InChI is InChI=1S/C26H24N2O5/c1-16-9-11-17(12-10-16)27-25(29)22-23(20-14-13-19(31-2)15-21(20)32-3)28(33-24(22)26(27)30)18-7-5-4-6-8-18/h4-15,22-24H,1-3H3/t22-,23+,24-/m0/s1. The molecule has 2 amide bonds. The summed E-state index contributed by atoms with van der Waals surface area (Å²) < 4.78 is 11.0. The van der Waals surface area contributed by atoms with E-state index in [2.05, 4.69) is 0 Å². The normalized spacial score (nSPS) is 22.0. The summed E-state index contributed by atoms with van der Waals surface area (Å²) in [5.74, 6) is -0.216. The van der Waals surface area contributed by atoms with E-state index in [1.807, 2.05) is 61.5 Å². The van der Waals surface area contributed by atoms with Crippen molar-refractivity contribution >= 4 is 23.2 Å². The summed E-state index contributed by atoms with van der Waals surface area (Å²) in [6.45, 7) is 1.96. The lowest BCUT2D eigenvalue weighted by Gasteiger charge is -2.29. The lowest BCUT2D eigenvalue weighted by molar-refractivity contribution is -0.126. The molecule has 7 nitrogen and oxygen atoms in total. The number of amides is 2. The van der Waals surface area contributed by atoms with E-state index in [9.17, 15) is 9.59 Å². The summed E-state index contributed by atoms with van der Waals surface area (Å²) in [4.78, 5) is 34.5. The highest BCUT2D eigenvalue weighted by Crippen LogP contribution is 2.49. The molecule has 2 heterocycles. The highest BCUT2D eigenvalue weighted by Gasteiger charge is 2.60. The van der Waals surface area contributed by atoms with Crippen molar-refractivity contribution in [3.63, 3.8) is 0 Å². The Morgan fingerprint density at radius 2 is 1.55 bits per heavy atom. The van der Waals surface area contributed by atoms with Gasteiger partial charge in [-0.05, 0) is 43.3 Å². The van der Waals surface area contributed by atoms with Gasteiger partial charge >= 0.3 is 0 Å². The maximum absolute atomic E-state index is 13.7. The zero-order valence-corrected chi connectivity index (χ0v) is 18.6. The van der Waals surface area contributed by atoms with Gasteiger partial charge in [0, 0.05) is 11.6 Å². The minimum atomic E-state index is -0.934. The number of para-hydroxylation sites is 1. The number of hydrogen-bond donors (Lipinski definition) is 0. The molecule has 168 valence electrons. The number of nitrogens with zero attached hydrogens (tertiary/aromatic N) is 2. The average Bonchev–Trinajstić information content (AvgIpc) is 3.35. The first-order chi connectivity index (χ1) is 16.0. The van der Waals surface area contributed by atoms with Crippen molar-refractivity contribution in [3.8, 4) is 11.5 Å². The first-order valence-electron chi connectivity index (χ1n) is 10.7. The summed E-state index contributed by atoms with van der Waals surface area (Å²) in [5, 5.41) is 1.65. The van der Waals surface area contributed by atoms with Crippen LogP contribution in [-0.2, 0) is 14.4 Å². The summed E-state index contributed by atoms with van der Waals surface area (Å²) in [6.07, 6.45) is -0.934. The number of hydrogen-bond acceptors (Lipinski definition) is 6. The minimum Gasteiger partial charge on any atom is -0.497 e. The number of carbonyl (C=O) groups excluding carboxylic acids is 2. The lowest BCUT2D eigenvalue weighted by atomic mass is 9.90. The van der Waals surface area contributed by atoms with Crippen LogP contribution < -0.4 is 19.4 Å². The van der Waals surface area contributed by atoms with Crippen LogP contribution in [0.2, 0.25) is 0 Å². The number of rotatable bonds is 5. The largest absolute Gasteiger partial charge is 0.497 e. The van der Waals surface area contributed by atoms with Gasteiger partial charge in [0.2, 0.25) is 5.91 Å². The molecule has 0 saturated carbocycles. The zero-order chi connectivity index (χ0) is 23.1. The number of aryl methyl sites for hydroxylation is 1. The van der Waals surface area contributed by atoms with Gasteiger partial charge in [0.1, 0.15) is 17.4 Å². The molecule has 2 aliphatic heterocycles. The predicted molar refractivity (Wildman–Crippen MR) is 123 cm³/mol. The molecule has 3 aromatic carbocycles. The smallest absolute Gasteiger partial charge is 0.266 e. The van der Waals surface area contributed by atoms with E-state index >= 15 is 0 Å². The van der Waals surface area contributed by atoms with Gasteiger partial charge < -0.3 is 9.47 Å². The number of ether oxygens (including phenoxy) is 2. The minimum absolute atomic E-state index is 0.296. The van der Waals surface area contributed by atoms with Crippen molar-refractivity contribution in [2.24, 2.45) is 5.92 Å². The third kappa shape index (κ3) is 3.41. The molecule has 0 bridgehead atoms. The van der Waals surface area contributed by atoms with Crippen LogP contribution >= 0.6 is 0 Å². The Morgan fingerprint density at radius 3 is 2.21 bits per heavy atom. The van der Waals surface area contributed by atoms with Gasteiger partial charge in [0.05, 0.1) is 31.6 Å². The molecule has 0 radical (unpaired) electrons. The van der Waals surface area contributed by atoms with E-state index in [0.717, 1.165) is 16.8 Å². The fourth-order valence-corrected chi connectivity index (χ4v) is 4.54. The summed E-state index contributed by atoms with van der Waals surface area (Å²) in [6, 6.07) is 21.6. The molecule has 3 aromatic rings. The second kappa shape index (κ2) is 8.26. The van der Waals surface area contributed by atoms with Gasteiger partial charge in [-0.15, -0.1) is 0 Å². The first-order valence-corrected chi connectivity index (χ1v) is 10.7. The molecule has 0 N–H and O–H groups in total. The van der Waals surface area contributed by atoms with Gasteiger partial charge in [-0.25, -0.2) is 9.96 Å². The van der Waals surface area contributed by atoms with E-state index in [1.165, 1.54) is 4.90 Å². The molecular formula is C26H24N2O5. The molecule has 2 aliphatic rings. The third-order valence-corrected chi connectivity index (χ3v) is 6.18. The Bertz CT molecular complexity index is 1200. The summed E-state index contributed by atoms with van der Waals surface area (Å²) in [7, 11) is 3.15. The molecular weight excluding hydrogens is 420 g/mol. The molecule has 2 saturated heterocycles. The van der Waals surface area contributed by atoms with Gasteiger partial charge in [-0.3, -0.25) is 14.4 Å². The molecule has 5 rings (SSSR count). The SMILES string of the molecule is COc1ccc([C@@H]2[C@@H]3C(=O)N(c4ccc(C)cc4)C(=O)[C@H]3ON2c2ccccc2)c(OC)c1. The van der Waals surface area contributed by atoms with E-state index < -0.39 is 18.1 Å². The van der Waals surface area contributed by atoms with Gasteiger partial charge in [-0.2, -0.15) is 0 Å². The fourth-order valence-electron chi connectivity index (χ4n) is 4.54. The van der Waals surface area contributed by atoms with E-state index in [0.29, 0.717) is 17.2 Å². The fraction of sp³-hybridized carbons (Fsp3) is 0.231. The zero-order valence-electron chi connectivity index (χ0n) is 18.6. The maximum Gasteiger partial charge on any atom is 0.266 e. The van der Waals surface area contributed by atoms with Crippen molar-refractivity contribution in [3.05, 3.63) is 83.9 Å². The Morgan fingerprint density at radius 1 is 0.818 bits per heavy atom. The monoisotopic (exact) mass is 444 g/mol. The molecule has 7 heteroatoms. The van der Waals surface area contributed by atoms with Crippen LogP contribution in [0.4, 0.5) is 11.4 Å². The van der Waals surface area contributed by atoms with Crippen molar-refractivity contribution in [1.82, 2.24) is 0 Å². The van der Waals surface area contributed by atoms with Crippen molar-refractivity contribution in [2.45, 2.75) is 19.1 Å². The lowest BCUT2D eigenvalue weighted by Crippen LogP contribution is -2.37. The molecule has 0 aromatic heterocycles. The van der Waals surface area contributed by atoms with Crippen molar-refractivity contribution in [2.75, 3.05) is 24.2 Å². The van der Waals surface area contributed by atoms with Crippen LogP contribution in [-0.4, -0.2) is 32.1 Å². The molecule has 0 aliphatic carbocycles. The number of benzene rings is 3. The summed E-state index contributed by atoms with van der Waals surface area (Å²) >= 11 is 0. The van der Waals surface area contributed by atoms with Gasteiger partial charge in [-0.1, -0.05) is 35.9 Å². The molecule has 3 atom stereocenters. The Balaban J connectivity index is 1.62. The Kier molecular flexibility index (Phi) is 5.26. The number of imide groups is 1. The molecule has 2 fully saturated rings. The molecule has 33 heavy (non-hydrogen) atoms. The highest BCUT2D eigenvalue weighted by molar-refractivity contribution is 6.23. The van der Waals surface area contributed by atoms with Crippen LogP contribution in [0.5, 0.6) is 11.5 Å². The van der Waals surface area contributed by atoms with E-state index in [1.54, 1.807) is 37.5 Å². The van der Waals surface area contributed by atoms with Crippen molar-refractivity contribution in [1.29, 1.82) is 0 Å². The highest BCUT2D eigenvalue weighted by atomic mass is 16.7. The second-order valence-electron chi connectivity index (χ2n) is 8.11. The molecule has 0 unspecified atom stereocenters. The van der Waals surface area contributed by atoms with E-state index in [4.69, 9.17) is 14.3 Å². The van der Waals surface area contributed by atoms with Crippen LogP contribution in [0.3, 0.4) is 0 Å². The quantitative estimate of drug-likeness (QED) is 0.553. The Hall–Kier alpha value is -3.84.